The van der Waals surface area contributed by atoms with E-state index >= 15 is 0 Å². The van der Waals surface area contributed by atoms with Crippen LogP contribution in [-0.4, -0.2) is 9.13 Å². The van der Waals surface area contributed by atoms with Gasteiger partial charge in [-0.2, -0.15) is 0 Å². The number of nitrogens with zero attached hydrogens (tertiary/aromatic N) is 4. The van der Waals surface area contributed by atoms with Gasteiger partial charge in [0, 0.05) is 82.4 Å². The van der Waals surface area contributed by atoms with Crippen LogP contribution < -0.4 is 9.80 Å². The van der Waals surface area contributed by atoms with Gasteiger partial charge in [0.05, 0.1) is 22.2 Å². The first kappa shape index (κ1) is 41.1. The van der Waals surface area contributed by atoms with Gasteiger partial charge in [-0.15, -0.1) is 11.3 Å². The fourth-order valence-electron chi connectivity index (χ4n) is 11.3. The number of para-hydroxylation sites is 6. The van der Waals surface area contributed by atoms with Crippen molar-refractivity contribution in [3.8, 4) is 32.9 Å². The monoisotopic (exact) mass is 926 g/mol. The van der Waals surface area contributed by atoms with E-state index in [1.807, 2.05) is 11.3 Å². The highest BCUT2D eigenvalue weighted by Gasteiger charge is 2.29. The molecule has 0 atom stereocenters. The lowest BCUT2D eigenvalue weighted by Crippen LogP contribution is -2.11. The van der Waals surface area contributed by atoms with E-state index < -0.39 is 0 Å². The predicted octanol–water partition coefficient (Wildman–Crippen LogP) is 18.3. The molecule has 0 fully saturated rings. The molecule has 0 saturated carbocycles. The molecule has 5 heteroatoms. The van der Waals surface area contributed by atoms with E-state index in [4.69, 9.17) is 0 Å². The third kappa shape index (κ3) is 6.80. The lowest BCUT2D eigenvalue weighted by atomic mass is 9.92. The van der Waals surface area contributed by atoms with E-state index in [0.29, 0.717) is 0 Å². The second-order valence-corrected chi connectivity index (χ2v) is 19.4. The minimum atomic E-state index is 0.988. The van der Waals surface area contributed by atoms with Crippen LogP contribution in [0.5, 0.6) is 0 Å². The first-order valence-corrected chi connectivity index (χ1v) is 25.3. The molecule has 71 heavy (non-hydrogen) atoms. The zero-order valence-electron chi connectivity index (χ0n) is 38.9. The standard InChI is InChI=1S/C66H46N4S/c1-5-19-46(20-6-1)67(51-38-40-58-63(43-51)70(49-25-11-4-12-26-49)61-42-41-57-56-29-15-18-32-64(56)71-66(57)65(58)61)50-35-33-45(34-36-50)53-27-13-16-30-59(53)68(47-21-7-2-8-22-47)52-37-39-55-54-28-14-17-31-60(54)69(62(55)44-52)48-23-9-3-10-24-48/h1-40,43-44H,41-42H2. The van der Waals surface area contributed by atoms with E-state index in [1.165, 1.54) is 64.7 Å². The second-order valence-electron chi connectivity index (χ2n) is 18.4. The van der Waals surface area contributed by atoms with E-state index in [-0.39, 0.29) is 0 Å². The molecular formula is C66H46N4S. The van der Waals surface area contributed by atoms with Gasteiger partial charge in [0.2, 0.25) is 0 Å². The van der Waals surface area contributed by atoms with Gasteiger partial charge in [0.1, 0.15) is 0 Å². The maximum absolute atomic E-state index is 2.53. The molecule has 4 nitrogen and oxygen atoms in total. The molecule has 0 amide bonds. The van der Waals surface area contributed by atoms with Crippen molar-refractivity contribution in [1.82, 2.24) is 9.13 Å². The molecule has 0 bridgehead atoms. The Kier molecular flexibility index (Phi) is 9.81. The van der Waals surface area contributed by atoms with Crippen LogP contribution in [0.1, 0.15) is 11.3 Å². The molecule has 1 aliphatic carbocycles. The Morgan fingerprint density at radius 3 is 1.58 bits per heavy atom. The fourth-order valence-corrected chi connectivity index (χ4v) is 12.6. The Labute approximate surface area is 416 Å². The van der Waals surface area contributed by atoms with Crippen LogP contribution in [0.25, 0.3) is 75.7 Å². The van der Waals surface area contributed by atoms with Crippen LogP contribution in [0, 0.1) is 0 Å². The van der Waals surface area contributed by atoms with Gasteiger partial charge in [-0.1, -0.05) is 152 Å². The maximum Gasteiger partial charge on any atom is 0.0561 e. The highest BCUT2D eigenvalue weighted by molar-refractivity contribution is 7.22. The Hall–Kier alpha value is -8.90. The third-order valence-electron chi connectivity index (χ3n) is 14.4. The van der Waals surface area contributed by atoms with Gasteiger partial charge < -0.3 is 18.9 Å². The third-order valence-corrected chi connectivity index (χ3v) is 15.6. The van der Waals surface area contributed by atoms with Crippen LogP contribution in [-0.2, 0) is 12.8 Å². The largest absolute Gasteiger partial charge is 0.313 e. The Morgan fingerprint density at radius 1 is 0.352 bits per heavy atom. The van der Waals surface area contributed by atoms with Crippen molar-refractivity contribution in [3.63, 3.8) is 0 Å². The van der Waals surface area contributed by atoms with Crippen molar-refractivity contribution in [1.29, 1.82) is 0 Å². The van der Waals surface area contributed by atoms with Crippen molar-refractivity contribution in [2.45, 2.75) is 12.8 Å². The molecule has 0 aliphatic heterocycles. The van der Waals surface area contributed by atoms with Crippen molar-refractivity contribution in [2.75, 3.05) is 9.80 Å². The van der Waals surface area contributed by atoms with Crippen molar-refractivity contribution >= 4 is 88.3 Å². The molecule has 0 spiro atoms. The Bertz CT molecular complexity index is 4100. The van der Waals surface area contributed by atoms with Gasteiger partial charge in [-0.25, -0.2) is 0 Å². The molecule has 0 N–H and O–H groups in total. The Morgan fingerprint density at radius 2 is 0.859 bits per heavy atom. The number of aromatic nitrogens is 2. The number of hydrogen-bond donors (Lipinski definition) is 0. The number of fused-ring (bicyclic) bond motifs is 10. The van der Waals surface area contributed by atoms with Crippen molar-refractivity contribution in [2.24, 2.45) is 0 Å². The fraction of sp³-hybridized carbons (Fsp3) is 0.0303. The topological polar surface area (TPSA) is 16.3 Å². The molecule has 3 heterocycles. The van der Waals surface area contributed by atoms with Crippen LogP contribution in [0.15, 0.2) is 255 Å². The smallest absolute Gasteiger partial charge is 0.0561 e. The highest BCUT2D eigenvalue weighted by atomic mass is 32.1. The molecule has 10 aromatic carbocycles. The minimum Gasteiger partial charge on any atom is -0.313 e. The molecule has 0 unspecified atom stereocenters. The number of thiophene rings is 1. The number of anilines is 6. The first-order chi connectivity index (χ1) is 35.2. The van der Waals surface area contributed by atoms with E-state index in [1.54, 1.807) is 0 Å². The summed E-state index contributed by atoms with van der Waals surface area (Å²) in [5.74, 6) is 0. The first-order valence-electron chi connectivity index (χ1n) is 24.5. The molecule has 14 rings (SSSR count). The van der Waals surface area contributed by atoms with E-state index in [2.05, 4.69) is 274 Å². The van der Waals surface area contributed by atoms with Gasteiger partial charge in [0.25, 0.3) is 0 Å². The lowest BCUT2D eigenvalue weighted by Gasteiger charge is -2.28. The summed E-state index contributed by atoms with van der Waals surface area (Å²) in [5, 5.41) is 5.16. The van der Waals surface area contributed by atoms with Crippen LogP contribution in [0.2, 0.25) is 0 Å². The van der Waals surface area contributed by atoms with Crippen LogP contribution >= 0.6 is 11.3 Å². The molecule has 336 valence electrons. The molecule has 3 aromatic heterocycles. The molecule has 0 radical (unpaired) electrons. The van der Waals surface area contributed by atoms with Crippen molar-refractivity contribution in [3.05, 3.63) is 266 Å². The maximum atomic E-state index is 2.53. The summed E-state index contributed by atoms with van der Waals surface area (Å²) in [4.78, 5) is 6.22. The van der Waals surface area contributed by atoms with E-state index in [0.717, 1.165) is 69.3 Å². The molecule has 13 aromatic rings. The van der Waals surface area contributed by atoms with Crippen LogP contribution in [0.3, 0.4) is 0 Å². The quantitative estimate of drug-likeness (QED) is 0.143. The number of hydrogen-bond acceptors (Lipinski definition) is 3. The van der Waals surface area contributed by atoms with Gasteiger partial charge >= 0.3 is 0 Å². The van der Waals surface area contributed by atoms with Gasteiger partial charge in [0.15, 0.2) is 0 Å². The summed E-state index contributed by atoms with van der Waals surface area (Å²) in [6.07, 6.45) is 2.02. The number of aryl methyl sites for hydroxylation is 1. The average molecular weight is 927 g/mol. The number of rotatable bonds is 9. The molecule has 1 aliphatic rings. The summed E-state index contributed by atoms with van der Waals surface area (Å²) in [6, 6.07) is 92.8. The summed E-state index contributed by atoms with van der Waals surface area (Å²) in [7, 11) is 0. The summed E-state index contributed by atoms with van der Waals surface area (Å²) >= 11 is 1.94. The normalized spacial score (nSPS) is 12.1. The second kappa shape index (κ2) is 17.0. The predicted molar refractivity (Wildman–Crippen MR) is 301 cm³/mol. The minimum absolute atomic E-state index is 0.988. The molecule has 0 saturated heterocycles. The molecular weight excluding hydrogens is 881 g/mol. The van der Waals surface area contributed by atoms with Crippen LogP contribution in [0.4, 0.5) is 34.1 Å². The summed E-state index contributed by atoms with van der Waals surface area (Å²) < 4.78 is 6.29. The number of benzene rings is 10. The van der Waals surface area contributed by atoms with Crippen molar-refractivity contribution < 1.29 is 0 Å². The zero-order valence-corrected chi connectivity index (χ0v) is 39.7. The highest BCUT2D eigenvalue weighted by Crippen LogP contribution is 2.50. The van der Waals surface area contributed by atoms with Gasteiger partial charge in [-0.05, 0) is 132 Å². The summed E-state index contributed by atoms with van der Waals surface area (Å²) in [6.45, 7) is 0. The average Bonchev–Trinajstić information content (AvgIpc) is 4.10. The van der Waals surface area contributed by atoms with Gasteiger partial charge in [-0.3, -0.25) is 0 Å². The van der Waals surface area contributed by atoms with E-state index in [9.17, 15) is 0 Å². The summed E-state index contributed by atoms with van der Waals surface area (Å²) in [5.41, 5.74) is 19.0. The zero-order chi connectivity index (χ0) is 46.8. The lowest BCUT2D eigenvalue weighted by molar-refractivity contribution is 0.874. The Balaban J connectivity index is 0.898. The SMILES string of the molecule is c1ccc(N(c2ccc(-c3ccccc3N(c3ccccc3)c3ccc4c5ccccc5n(-c5ccccc5)c4c3)cc2)c2ccc3c4c(n(-c5ccccc5)c3c2)CCc2c-4sc3ccccc23)cc1.